The van der Waals surface area contributed by atoms with E-state index in [-0.39, 0.29) is 11.6 Å². The van der Waals surface area contributed by atoms with Crippen molar-refractivity contribution in [3.05, 3.63) is 23.2 Å². The summed E-state index contributed by atoms with van der Waals surface area (Å²) in [6.45, 7) is 5.41. The van der Waals surface area contributed by atoms with E-state index in [1.54, 1.807) is 0 Å². The van der Waals surface area contributed by atoms with E-state index in [9.17, 15) is 9.59 Å². The molecule has 0 bridgehead atoms. The van der Waals surface area contributed by atoms with Gasteiger partial charge in [-0.05, 0) is 0 Å². The van der Waals surface area contributed by atoms with Gasteiger partial charge in [0.1, 0.15) is 18.7 Å². The summed E-state index contributed by atoms with van der Waals surface area (Å²) in [5.41, 5.74) is 1.89. The molecule has 0 N–H and O–H groups in total. The summed E-state index contributed by atoms with van der Waals surface area (Å²) in [5.74, 6) is 0.0485. The van der Waals surface area contributed by atoms with Crippen LogP contribution in [0.5, 0.6) is 0 Å². The number of carbonyl (C=O) groups excluding carboxylic acids is 2. The highest BCUT2D eigenvalue weighted by molar-refractivity contribution is 6.36. The number of ketones is 2. The fourth-order valence-electron chi connectivity index (χ4n) is 3.00. The van der Waals surface area contributed by atoms with Gasteiger partial charge >= 0.3 is 0 Å². The molecule has 0 aromatic heterocycles. The smallest absolute Gasteiger partial charge is 0.227 e. The van der Waals surface area contributed by atoms with Crippen LogP contribution < -0.4 is 0 Å². The number of Topliss-reactive ketones (excluding diaryl/α,β-unsaturated/α-hetero) is 1. The van der Waals surface area contributed by atoms with Crippen molar-refractivity contribution in [2.24, 2.45) is 0 Å². The van der Waals surface area contributed by atoms with E-state index < -0.39 is 0 Å². The van der Waals surface area contributed by atoms with Crippen molar-refractivity contribution in [1.29, 1.82) is 0 Å². The lowest BCUT2D eigenvalue weighted by Gasteiger charge is -2.21. The van der Waals surface area contributed by atoms with E-state index in [2.05, 4.69) is 7.28 Å². The van der Waals surface area contributed by atoms with Crippen molar-refractivity contribution in [1.82, 2.24) is 14.7 Å². The van der Waals surface area contributed by atoms with Crippen LogP contribution in [0.15, 0.2) is 23.2 Å². The fourth-order valence-corrected chi connectivity index (χ4v) is 3.00. The lowest BCUT2D eigenvalue weighted by Crippen LogP contribution is -2.29. The molecule has 1 radical (unpaired) electrons. The van der Waals surface area contributed by atoms with Crippen molar-refractivity contribution in [3.8, 4) is 0 Å². The molecule has 22 heavy (non-hydrogen) atoms. The predicted octanol–water partition coefficient (Wildman–Crippen LogP) is 0.501. The molecule has 5 aliphatic rings. The molecular weight excluding hydrogens is 277 g/mol. The Morgan fingerprint density at radius 2 is 1.32 bits per heavy atom. The van der Waals surface area contributed by atoms with Gasteiger partial charge in [-0.1, -0.05) is 25.5 Å². The number of hydrogen-bond donors (Lipinski definition) is 0. The number of carbonyl (C=O) groups is 2. The zero-order valence-electron chi connectivity index (χ0n) is 12.9. The second kappa shape index (κ2) is 5.49. The maximum atomic E-state index is 12.4. The second-order valence-electron chi connectivity index (χ2n) is 6.45. The summed E-state index contributed by atoms with van der Waals surface area (Å²) in [6, 6.07) is 0. The molecular formula is C16H21BN3O2. The van der Waals surface area contributed by atoms with Crippen LogP contribution in [-0.2, 0) is 9.59 Å². The van der Waals surface area contributed by atoms with Crippen LogP contribution in [0.4, 0.5) is 0 Å². The average molecular weight is 298 g/mol. The maximum absolute atomic E-state index is 12.4. The van der Waals surface area contributed by atoms with Crippen LogP contribution in [0, 0.1) is 0 Å². The van der Waals surface area contributed by atoms with Gasteiger partial charge in [-0.2, -0.15) is 0 Å². The lowest BCUT2D eigenvalue weighted by molar-refractivity contribution is -0.117. The third-order valence-electron chi connectivity index (χ3n) is 4.55. The minimum Gasteiger partial charge on any atom is -0.365 e. The number of allylic oxidation sites excluding steroid dienone is 1. The van der Waals surface area contributed by atoms with Crippen molar-refractivity contribution < 1.29 is 9.59 Å². The Hall–Kier alpha value is -1.72. The predicted molar refractivity (Wildman–Crippen MR) is 84.4 cm³/mol. The number of rotatable bonds is 3. The summed E-state index contributed by atoms with van der Waals surface area (Å²) in [4.78, 5) is 30.5. The van der Waals surface area contributed by atoms with Crippen molar-refractivity contribution in [2.75, 3.05) is 39.3 Å². The van der Waals surface area contributed by atoms with E-state index >= 15 is 0 Å². The van der Waals surface area contributed by atoms with Crippen molar-refractivity contribution in [3.63, 3.8) is 0 Å². The second-order valence-corrected chi connectivity index (χ2v) is 6.45. The summed E-state index contributed by atoms with van der Waals surface area (Å²) in [7, 11) is 2.36. The zero-order valence-corrected chi connectivity index (χ0v) is 12.9. The van der Waals surface area contributed by atoms with Gasteiger partial charge in [-0.15, -0.1) is 0 Å². The van der Waals surface area contributed by atoms with E-state index in [0.717, 1.165) is 39.3 Å². The third-order valence-corrected chi connectivity index (χ3v) is 4.55. The topological polar surface area (TPSA) is 43.2 Å². The molecule has 0 unspecified atom stereocenters. The van der Waals surface area contributed by atoms with Crippen molar-refractivity contribution in [2.45, 2.75) is 25.5 Å². The van der Waals surface area contributed by atoms with Gasteiger partial charge in [0.2, 0.25) is 11.6 Å². The van der Waals surface area contributed by atoms with Gasteiger partial charge in [-0.25, -0.2) is 0 Å². The Labute approximate surface area is 131 Å². The van der Waals surface area contributed by atoms with Crippen LogP contribution in [0.2, 0.25) is 12.6 Å². The van der Waals surface area contributed by atoms with E-state index in [1.165, 1.54) is 31.6 Å². The minimum absolute atomic E-state index is 0.00546. The van der Waals surface area contributed by atoms with Crippen LogP contribution >= 0.6 is 0 Å². The Morgan fingerprint density at radius 1 is 0.773 bits per heavy atom. The molecule has 4 saturated heterocycles. The first-order valence-electron chi connectivity index (χ1n) is 8.37. The molecule has 0 aromatic rings. The summed E-state index contributed by atoms with van der Waals surface area (Å²) >= 11 is 0. The highest BCUT2D eigenvalue weighted by atomic mass is 16.1. The fraction of sp³-hybridized carbons (Fsp3) is 0.625. The SMILES string of the molecule is O=C1C=C(N2CC2)C(=O)C(N2CC2)=C1N1CC1.[B]1CCCC1. The van der Waals surface area contributed by atoms with Gasteiger partial charge in [-0.3, -0.25) is 9.59 Å². The maximum Gasteiger partial charge on any atom is 0.227 e. The van der Waals surface area contributed by atoms with Crippen LogP contribution in [0.25, 0.3) is 0 Å². The highest BCUT2D eigenvalue weighted by Gasteiger charge is 2.43. The van der Waals surface area contributed by atoms with Crippen LogP contribution in [-0.4, -0.2) is 72.8 Å². The Kier molecular flexibility index (Phi) is 3.47. The monoisotopic (exact) mass is 298 g/mol. The highest BCUT2D eigenvalue weighted by Crippen LogP contribution is 2.33. The van der Waals surface area contributed by atoms with Crippen molar-refractivity contribution >= 4 is 18.8 Å². The molecule has 4 heterocycles. The molecule has 115 valence electrons. The third kappa shape index (κ3) is 2.79. The van der Waals surface area contributed by atoms with Crippen LogP contribution in [0.1, 0.15) is 12.8 Å². The Balaban J connectivity index is 0.000000215. The molecule has 0 aromatic carbocycles. The first kappa shape index (κ1) is 13.9. The van der Waals surface area contributed by atoms with E-state index in [0.29, 0.717) is 17.1 Å². The molecule has 0 saturated carbocycles. The summed E-state index contributed by atoms with van der Waals surface area (Å²) in [6.07, 6.45) is 7.16. The molecule has 4 fully saturated rings. The molecule has 6 heteroatoms. The first-order valence-corrected chi connectivity index (χ1v) is 8.37. The number of nitrogens with zero attached hydrogens (tertiary/aromatic N) is 3. The van der Waals surface area contributed by atoms with Gasteiger partial charge in [0, 0.05) is 45.3 Å². The van der Waals surface area contributed by atoms with Crippen LogP contribution in [0.3, 0.4) is 0 Å². The Bertz CT molecular complexity index is 560. The Morgan fingerprint density at radius 3 is 1.77 bits per heavy atom. The number of hydrogen-bond acceptors (Lipinski definition) is 5. The average Bonchev–Trinajstić information content (AvgIpc) is 3.37. The molecule has 5 rings (SSSR count). The molecule has 4 aliphatic heterocycles. The molecule has 0 spiro atoms. The van der Waals surface area contributed by atoms with Gasteiger partial charge in [0.05, 0.1) is 5.70 Å². The van der Waals surface area contributed by atoms with Gasteiger partial charge in [0.25, 0.3) is 0 Å². The summed E-state index contributed by atoms with van der Waals surface area (Å²) < 4.78 is 0. The molecule has 0 atom stereocenters. The molecule has 0 amide bonds. The molecule has 5 nitrogen and oxygen atoms in total. The van der Waals surface area contributed by atoms with Gasteiger partial charge < -0.3 is 14.7 Å². The zero-order chi connectivity index (χ0) is 15.1. The standard InChI is InChI=1S/C12H13N3O2.C4H8B/c16-9-7-8(13-1-2-13)12(17)11(15-5-6-15)10(9)14-3-4-14;1-2-4-5-3-1/h7H,1-6H2;1-4H2. The van der Waals surface area contributed by atoms with Gasteiger partial charge in [0.15, 0.2) is 0 Å². The first-order chi connectivity index (χ1) is 10.8. The summed E-state index contributed by atoms with van der Waals surface area (Å²) in [5, 5.41) is 0. The van der Waals surface area contributed by atoms with E-state index in [4.69, 9.17) is 0 Å². The quantitative estimate of drug-likeness (QED) is 0.431. The minimum atomic E-state index is 0.00546. The molecule has 1 aliphatic carbocycles. The normalized spacial score (nSPS) is 25.6. The van der Waals surface area contributed by atoms with E-state index in [1.807, 2.05) is 14.7 Å². The largest absolute Gasteiger partial charge is 0.365 e. The lowest BCUT2D eigenvalue weighted by atomic mass is 9.77.